The van der Waals surface area contributed by atoms with Crippen molar-refractivity contribution in [2.45, 2.75) is 71.9 Å². The lowest BCUT2D eigenvalue weighted by atomic mass is 9.88. The van der Waals surface area contributed by atoms with E-state index in [0.717, 1.165) is 24.9 Å². The van der Waals surface area contributed by atoms with Gasteiger partial charge in [-0.1, -0.05) is 27.7 Å². The van der Waals surface area contributed by atoms with Gasteiger partial charge in [0.15, 0.2) is 0 Å². The average molecular weight is 296 g/mol. The highest BCUT2D eigenvalue weighted by Crippen LogP contribution is 2.38. The molecule has 1 saturated carbocycles. The van der Waals surface area contributed by atoms with Gasteiger partial charge < -0.3 is 10.4 Å². The van der Waals surface area contributed by atoms with Crippen LogP contribution in [0.15, 0.2) is 0 Å². The highest BCUT2D eigenvalue weighted by Gasteiger charge is 2.38. The van der Waals surface area contributed by atoms with Gasteiger partial charge in [0.05, 0.1) is 0 Å². The third-order valence-corrected chi connectivity index (χ3v) is 5.08. The number of aliphatic hydroxyl groups excluding tert-OH is 1. The molecule has 1 saturated heterocycles. The van der Waals surface area contributed by atoms with E-state index in [9.17, 15) is 5.11 Å². The molecule has 1 aliphatic carbocycles. The maximum Gasteiger partial charge on any atom is 0.0434 e. The molecule has 0 amide bonds. The van der Waals surface area contributed by atoms with Gasteiger partial charge in [0.2, 0.25) is 0 Å². The molecular formula is C18H36N2O. The number of nitrogens with zero attached hydrogens (tertiary/aromatic N) is 1. The summed E-state index contributed by atoms with van der Waals surface area (Å²) in [6, 6.07) is 1.38. The lowest BCUT2D eigenvalue weighted by Gasteiger charge is -2.43. The molecule has 3 unspecified atom stereocenters. The molecule has 2 rings (SSSR count). The van der Waals surface area contributed by atoms with Crippen LogP contribution < -0.4 is 5.32 Å². The first kappa shape index (κ1) is 17.2. The van der Waals surface area contributed by atoms with E-state index in [1.54, 1.807) is 0 Å². The number of hydrogen-bond acceptors (Lipinski definition) is 3. The maximum atomic E-state index is 9.33. The molecular weight excluding hydrogens is 260 g/mol. The summed E-state index contributed by atoms with van der Waals surface area (Å²) in [6.45, 7) is 13.1. The summed E-state index contributed by atoms with van der Waals surface area (Å²) in [5, 5.41) is 13.1. The Morgan fingerprint density at radius 1 is 1.24 bits per heavy atom. The van der Waals surface area contributed by atoms with E-state index in [4.69, 9.17) is 0 Å². The van der Waals surface area contributed by atoms with Crippen LogP contribution in [0, 0.1) is 17.3 Å². The molecule has 2 aliphatic rings. The fourth-order valence-electron chi connectivity index (χ4n) is 3.87. The molecule has 1 aliphatic heterocycles. The normalized spacial score (nSPS) is 29.6. The summed E-state index contributed by atoms with van der Waals surface area (Å²) in [4.78, 5) is 2.74. The summed E-state index contributed by atoms with van der Waals surface area (Å²) in [5.41, 5.74) is 0.343. The lowest BCUT2D eigenvalue weighted by molar-refractivity contribution is 0.0706. The van der Waals surface area contributed by atoms with Crippen LogP contribution in [-0.4, -0.2) is 48.3 Å². The Labute approximate surface area is 131 Å². The Balaban J connectivity index is 1.93. The predicted molar refractivity (Wildman–Crippen MR) is 89.4 cm³/mol. The Hall–Kier alpha value is -0.120. The van der Waals surface area contributed by atoms with Gasteiger partial charge in [-0.25, -0.2) is 0 Å². The predicted octanol–water partition coefficient (Wildman–Crippen LogP) is 2.88. The summed E-state index contributed by atoms with van der Waals surface area (Å²) in [5.74, 6) is 1.61. The van der Waals surface area contributed by atoms with Crippen LogP contribution in [0.3, 0.4) is 0 Å². The van der Waals surface area contributed by atoms with Crippen molar-refractivity contribution < 1.29 is 5.11 Å². The van der Waals surface area contributed by atoms with Crippen LogP contribution in [0.4, 0.5) is 0 Å². The van der Waals surface area contributed by atoms with E-state index in [2.05, 4.69) is 37.9 Å². The standard InChI is InChI=1S/C18H36N2O/c1-5-17(15-6-7-15)20-11-14(8-9-21)10-16(12-20)19-13-18(2,3)4/h14-17,19,21H,5-13H2,1-4H3. The van der Waals surface area contributed by atoms with E-state index in [0.29, 0.717) is 24.0 Å². The number of piperidine rings is 1. The van der Waals surface area contributed by atoms with Gasteiger partial charge in [-0.15, -0.1) is 0 Å². The third-order valence-electron chi connectivity index (χ3n) is 5.08. The first-order valence-electron chi connectivity index (χ1n) is 9.01. The average Bonchev–Trinajstić information content (AvgIpc) is 3.21. The van der Waals surface area contributed by atoms with Crippen LogP contribution in [0.5, 0.6) is 0 Å². The number of aliphatic hydroxyl groups is 1. The second-order valence-electron chi connectivity index (χ2n) is 8.52. The summed E-state index contributed by atoms with van der Waals surface area (Å²) in [7, 11) is 0. The maximum absolute atomic E-state index is 9.33. The Morgan fingerprint density at radius 2 is 1.95 bits per heavy atom. The second kappa shape index (κ2) is 7.43. The van der Waals surface area contributed by atoms with Gasteiger partial charge in [0, 0.05) is 38.3 Å². The van der Waals surface area contributed by atoms with Crippen LogP contribution in [0.25, 0.3) is 0 Å². The van der Waals surface area contributed by atoms with Gasteiger partial charge in [0.25, 0.3) is 0 Å². The largest absolute Gasteiger partial charge is 0.396 e. The number of hydrogen-bond donors (Lipinski definition) is 2. The zero-order valence-electron chi connectivity index (χ0n) is 14.6. The van der Waals surface area contributed by atoms with Gasteiger partial charge in [-0.2, -0.15) is 0 Å². The minimum Gasteiger partial charge on any atom is -0.396 e. The monoisotopic (exact) mass is 296 g/mol. The first-order chi connectivity index (χ1) is 9.93. The van der Waals surface area contributed by atoms with E-state index in [1.165, 1.54) is 38.8 Å². The summed E-state index contributed by atoms with van der Waals surface area (Å²) < 4.78 is 0. The minimum atomic E-state index is 0.338. The fourth-order valence-corrected chi connectivity index (χ4v) is 3.87. The molecule has 0 aromatic carbocycles. The zero-order valence-corrected chi connectivity index (χ0v) is 14.6. The molecule has 124 valence electrons. The van der Waals surface area contributed by atoms with E-state index >= 15 is 0 Å². The fraction of sp³-hybridized carbons (Fsp3) is 1.00. The third kappa shape index (κ3) is 5.54. The van der Waals surface area contributed by atoms with E-state index in [-0.39, 0.29) is 0 Å². The van der Waals surface area contributed by atoms with Crippen molar-refractivity contribution in [3.63, 3.8) is 0 Å². The molecule has 0 aromatic heterocycles. The quantitative estimate of drug-likeness (QED) is 0.758. The number of nitrogens with one attached hydrogen (secondary N) is 1. The van der Waals surface area contributed by atoms with E-state index < -0.39 is 0 Å². The van der Waals surface area contributed by atoms with Crippen molar-refractivity contribution in [1.82, 2.24) is 10.2 Å². The summed E-state index contributed by atoms with van der Waals surface area (Å²) >= 11 is 0. The van der Waals surface area contributed by atoms with Crippen molar-refractivity contribution >= 4 is 0 Å². The zero-order chi connectivity index (χ0) is 15.5. The molecule has 3 nitrogen and oxygen atoms in total. The number of rotatable bonds is 7. The van der Waals surface area contributed by atoms with Crippen molar-refractivity contribution in [3.8, 4) is 0 Å². The molecule has 3 heteroatoms. The Bertz CT molecular complexity index is 309. The minimum absolute atomic E-state index is 0.338. The van der Waals surface area contributed by atoms with Crippen molar-refractivity contribution in [2.24, 2.45) is 17.3 Å². The van der Waals surface area contributed by atoms with Gasteiger partial charge in [-0.05, 0) is 49.4 Å². The SMILES string of the molecule is CCC(C1CC1)N1CC(CCO)CC(NCC(C)(C)C)C1. The van der Waals surface area contributed by atoms with Crippen LogP contribution in [0.1, 0.15) is 59.8 Å². The molecule has 0 radical (unpaired) electrons. The van der Waals surface area contributed by atoms with Crippen LogP contribution >= 0.6 is 0 Å². The molecule has 0 aromatic rings. The molecule has 2 fully saturated rings. The van der Waals surface area contributed by atoms with Crippen LogP contribution in [0.2, 0.25) is 0 Å². The van der Waals surface area contributed by atoms with Crippen molar-refractivity contribution in [1.29, 1.82) is 0 Å². The second-order valence-corrected chi connectivity index (χ2v) is 8.52. The molecule has 0 spiro atoms. The highest BCUT2D eigenvalue weighted by molar-refractivity contribution is 4.93. The van der Waals surface area contributed by atoms with Crippen LogP contribution in [-0.2, 0) is 0 Å². The number of likely N-dealkylation sites (tertiary alicyclic amines) is 1. The summed E-state index contributed by atoms with van der Waals surface area (Å²) in [6.07, 6.45) is 6.33. The van der Waals surface area contributed by atoms with Crippen molar-refractivity contribution in [2.75, 3.05) is 26.2 Å². The molecule has 1 heterocycles. The Morgan fingerprint density at radius 3 is 2.48 bits per heavy atom. The van der Waals surface area contributed by atoms with Gasteiger partial charge in [-0.3, -0.25) is 4.90 Å². The lowest BCUT2D eigenvalue weighted by Crippen LogP contribution is -2.54. The topological polar surface area (TPSA) is 35.5 Å². The van der Waals surface area contributed by atoms with Crippen molar-refractivity contribution in [3.05, 3.63) is 0 Å². The first-order valence-corrected chi connectivity index (χ1v) is 9.01. The molecule has 0 bridgehead atoms. The smallest absolute Gasteiger partial charge is 0.0434 e. The molecule has 21 heavy (non-hydrogen) atoms. The Kier molecular flexibility index (Phi) is 6.10. The van der Waals surface area contributed by atoms with E-state index in [1.807, 2.05) is 0 Å². The molecule has 3 atom stereocenters. The molecule has 2 N–H and O–H groups in total. The van der Waals surface area contributed by atoms with Gasteiger partial charge >= 0.3 is 0 Å². The highest BCUT2D eigenvalue weighted by atomic mass is 16.3. The van der Waals surface area contributed by atoms with Gasteiger partial charge in [0.1, 0.15) is 0 Å².